The van der Waals surface area contributed by atoms with E-state index in [-0.39, 0.29) is 0 Å². The van der Waals surface area contributed by atoms with E-state index in [0.29, 0.717) is 24.8 Å². The van der Waals surface area contributed by atoms with E-state index in [1.54, 1.807) is 12.4 Å². The molecule has 0 saturated heterocycles. The van der Waals surface area contributed by atoms with Crippen molar-refractivity contribution in [2.75, 3.05) is 29.9 Å². The van der Waals surface area contributed by atoms with Gasteiger partial charge in [-0.1, -0.05) is 0 Å². The molecule has 0 bridgehead atoms. The van der Waals surface area contributed by atoms with Crippen LogP contribution in [0.4, 0.5) is 11.8 Å². The van der Waals surface area contributed by atoms with Gasteiger partial charge >= 0.3 is 0 Å². The first-order chi connectivity index (χ1) is 15.1. The van der Waals surface area contributed by atoms with Crippen molar-refractivity contribution in [1.82, 2.24) is 24.7 Å². The molecule has 31 heavy (non-hydrogen) atoms. The second-order valence-corrected chi connectivity index (χ2v) is 8.87. The topological polar surface area (TPSA) is 81.0 Å². The van der Waals surface area contributed by atoms with Gasteiger partial charge in [-0.3, -0.25) is 4.68 Å². The maximum Gasteiger partial charge on any atom is 0.223 e. The molecule has 1 N–H and O–H groups in total. The zero-order valence-corrected chi connectivity index (χ0v) is 18.6. The molecule has 164 valence electrons. The highest BCUT2D eigenvalue weighted by Gasteiger charge is 2.31. The Kier molecular flexibility index (Phi) is 5.38. The van der Waals surface area contributed by atoms with Crippen molar-refractivity contribution in [2.45, 2.75) is 46.1 Å². The summed E-state index contributed by atoms with van der Waals surface area (Å²) in [7, 11) is 1.98. The van der Waals surface area contributed by atoms with Gasteiger partial charge in [0.1, 0.15) is 5.82 Å². The molecule has 0 aromatic carbocycles. The summed E-state index contributed by atoms with van der Waals surface area (Å²) in [6.07, 6.45) is 8.76. The van der Waals surface area contributed by atoms with Gasteiger partial charge in [-0.25, -0.2) is 15.0 Å². The molecule has 3 aromatic rings. The average molecular weight is 422 g/mol. The van der Waals surface area contributed by atoms with Crippen LogP contribution in [0, 0.1) is 18.8 Å². The van der Waals surface area contributed by atoms with Crippen LogP contribution in [-0.4, -0.2) is 44.4 Å². The van der Waals surface area contributed by atoms with Crippen LogP contribution in [0.1, 0.15) is 43.9 Å². The van der Waals surface area contributed by atoms with Crippen molar-refractivity contribution in [2.24, 2.45) is 18.9 Å². The van der Waals surface area contributed by atoms with E-state index in [9.17, 15) is 0 Å². The second-order valence-electron chi connectivity index (χ2n) is 8.87. The van der Waals surface area contributed by atoms with Gasteiger partial charge in [0.05, 0.1) is 24.7 Å². The van der Waals surface area contributed by atoms with Gasteiger partial charge in [0, 0.05) is 37.6 Å². The molecule has 2 fully saturated rings. The Labute approximate surface area is 183 Å². The smallest absolute Gasteiger partial charge is 0.223 e. The SMILES string of the molecule is CCOc1cnc(NCc2cc3c(C)nn(C)c3nc2N(CC2CC2)CC2CC2)nc1. The summed E-state index contributed by atoms with van der Waals surface area (Å²) in [5, 5.41) is 9.09. The Morgan fingerprint density at radius 2 is 1.81 bits per heavy atom. The summed E-state index contributed by atoms with van der Waals surface area (Å²) >= 11 is 0. The van der Waals surface area contributed by atoms with Gasteiger partial charge < -0.3 is 15.0 Å². The summed E-state index contributed by atoms with van der Waals surface area (Å²) in [6.45, 7) is 7.41. The van der Waals surface area contributed by atoms with Gasteiger partial charge in [-0.05, 0) is 57.4 Å². The average Bonchev–Trinajstić information content (AvgIpc) is 3.69. The molecule has 2 aliphatic rings. The minimum absolute atomic E-state index is 0.591. The summed E-state index contributed by atoms with van der Waals surface area (Å²) in [5.74, 6) is 3.96. The lowest BCUT2D eigenvalue weighted by Crippen LogP contribution is -2.30. The van der Waals surface area contributed by atoms with Crippen LogP contribution in [0.25, 0.3) is 11.0 Å². The molecule has 5 rings (SSSR count). The number of ether oxygens (including phenoxy) is 1. The molecule has 3 heterocycles. The van der Waals surface area contributed by atoms with Gasteiger partial charge in [0.15, 0.2) is 11.4 Å². The third-order valence-corrected chi connectivity index (χ3v) is 6.08. The van der Waals surface area contributed by atoms with E-state index in [1.807, 2.05) is 25.6 Å². The quantitative estimate of drug-likeness (QED) is 0.534. The Hall–Kier alpha value is -2.90. The Morgan fingerprint density at radius 1 is 1.13 bits per heavy atom. The van der Waals surface area contributed by atoms with E-state index in [0.717, 1.165) is 47.5 Å². The van der Waals surface area contributed by atoms with Crippen LogP contribution in [0.2, 0.25) is 0 Å². The fraction of sp³-hybridized carbons (Fsp3) is 0.565. The number of anilines is 2. The molecule has 0 unspecified atom stereocenters. The predicted octanol–water partition coefficient (Wildman–Crippen LogP) is 3.70. The number of aromatic nitrogens is 5. The summed E-state index contributed by atoms with van der Waals surface area (Å²) in [5.41, 5.74) is 3.12. The zero-order chi connectivity index (χ0) is 21.4. The summed E-state index contributed by atoms with van der Waals surface area (Å²) in [4.78, 5) is 16.4. The van der Waals surface area contributed by atoms with E-state index in [4.69, 9.17) is 9.72 Å². The van der Waals surface area contributed by atoms with Crippen LogP contribution in [-0.2, 0) is 13.6 Å². The van der Waals surface area contributed by atoms with E-state index >= 15 is 0 Å². The van der Waals surface area contributed by atoms with E-state index in [2.05, 4.69) is 31.3 Å². The fourth-order valence-corrected chi connectivity index (χ4v) is 4.07. The van der Waals surface area contributed by atoms with Crippen molar-refractivity contribution in [3.63, 3.8) is 0 Å². The number of fused-ring (bicyclic) bond motifs is 1. The maximum atomic E-state index is 5.44. The first kappa shape index (κ1) is 20.0. The molecule has 2 saturated carbocycles. The van der Waals surface area contributed by atoms with Crippen molar-refractivity contribution in [1.29, 1.82) is 0 Å². The lowest BCUT2D eigenvalue weighted by molar-refractivity contribution is 0.337. The minimum Gasteiger partial charge on any atom is -0.491 e. The van der Waals surface area contributed by atoms with Gasteiger partial charge in [0.25, 0.3) is 0 Å². The molecule has 3 aromatic heterocycles. The van der Waals surface area contributed by atoms with Crippen molar-refractivity contribution in [3.05, 3.63) is 29.7 Å². The molecule has 0 aliphatic heterocycles. The van der Waals surface area contributed by atoms with Crippen LogP contribution < -0.4 is 15.0 Å². The van der Waals surface area contributed by atoms with Crippen molar-refractivity contribution in [3.8, 4) is 5.75 Å². The molecule has 0 amide bonds. The molecule has 0 spiro atoms. The van der Waals surface area contributed by atoms with Gasteiger partial charge in [-0.2, -0.15) is 5.10 Å². The van der Waals surface area contributed by atoms with Crippen LogP contribution >= 0.6 is 0 Å². The van der Waals surface area contributed by atoms with Crippen molar-refractivity contribution < 1.29 is 4.74 Å². The largest absolute Gasteiger partial charge is 0.491 e. The van der Waals surface area contributed by atoms with Crippen LogP contribution in [0.3, 0.4) is 0 Å². The Balaban J connectivity index is 1.45. The first-order valence-electron chi connectivity index (χ1n) is 11.4. The molecular weight excluding hydrogens is 390 g/mol. The highest BCUT2D eigenvalue weighted by molar-refractivity contribution is 5.81. The molecule has 0 atom stereocenters. The standard InChI is InChI=1S/C23H31N7O/c1-4-31-19-11-25-23(26-12-19)24-10-18-9-20-15(2)28-29(3)22(20)27-21(18)30(13-16-5-6-16)14-17-7-8-17/h9,11-12,16-17H,4-8,10,13-14H2,1-3H3,(H,24,25,26). The highest BCUT2D eigenvalue weighted by Crippen LogP contribution is 2.37. The third-order valence-electron chi connectivity index (χ3n) is 6.08. The Bertz CT molecular complexity index is 1040. The van der Waals surface area contributed by atoms with E-state index in [1.165, 1.54) is 31.2 Å². The third kappa shape index (κ3) is 4.57. The summed E-state index contributed by atoms with van der Waals surface area (Å²) in [6, 6.07) is 2.24. The highest BCUT2D eigenvalue weighted by atomic mass is 16.5. The minimum atomic E-state index is 0.591. The normalized spacial score (nSPS) is 16.0. The summed E-state index contributed by atoms with van der Waals surface area (Å²) < 4.78 is 7.34. The number of hydrogen-bond acceptors (Lipinski definition) is 7. The predicted molar refractivity (Wildman–Crippen MR) is 121 cm³/mol. The Morgan fingerprint density at radius 3 is 2.42 bits per heavy atom. The first-order valence-corrected chi connectivity index (χ1v) is 11.4. The maximum absolute atomic E-state index is 5.44. The van der Waals surface area contributed by atoms with Crippen molar-refractivity contribution >= 4 is 22.8 Å². The lowest BCUT2D eigenvalue weighted by Gasteiger charge is -2.26. The number of pyridine rings is 1. The molecular formula is C23H31N7O. The lowest BCUT2D eigenvalue weighted by atomic mass is 10.1. The molecule has 2 aliphatic carbocycles. The zero-order valence-electron chi connectivity index (χ0n) is 18.6. The number of aryl methyl sites for hydroxylation is 2. The monoisotopic (exact) mass is 421 g/mol. The number of hydrogen-bond donors (Lipinski definition) is 1. The van der Waals surface area contributed by atoms with E-state index < -0.39 is 0 Å². The number of nitrogens with zero attached hydrogens (tertiary/aromatic N) is 6. The van der Waals surface area contributed by atoms with Gasteiger partial charge in [0.2, 0.25) is 5.95 Å². The van der Waals surface area contributed by atoms with Crippen LogP contribution in [0.5, 0.6) is 5.75 Å². The number of rotatable bonds is 10. The molecule has 0 radical (unpaired) electrons. The molecule has 8 nitrogen and oxygen atoms in total. The van der Waals surface area contributed by atoms with Gasteiger partial charge in [-0.15, -0.1) is 0 Å². The fourth-order valence-electron chi connectivity index (χ4n) is 4.07. The second kappa shape index (κ2) is 8.32. The molecule has 8 heteroatoms. The van der Waals surface area contributed by atoms with Crippen LogP contribution in [0.15, 0.2) is 18.5 Å². The number of nitrogens with one attached hydrogen (secondary N) is 1.